The van der Waals surface area contributed by atoms with Gasteiger partial charge in [0.15, 0.2) is 5.11 Å². The summed E-state index contributed by atoms with van der Waals surface area (Å²) in [5.74, 6) is 1.13. The summed E-state index contributed by atoms with van der Waals surface area (Å²) in [6.45, 7) is 4.67. The summed E-state index contributed by atoms with van der Waals surface area (Å²) in [5, 5.41) is 10.1. The number of aromatic nitrogens is 1. The molecule has 1 aromatic heterocycles. The maximum atomic E-state index is 13.3. The minimum atomic E-state index is -0.193. The number of hydrogen-bond donors (Lipinski definition) is 3. The fraction of sp³-hybridized carbons (Fsp3) is 0.265. The number of rotatable bonds is 7. The Morgan fingerprint density at radius 1 is 0.953 bits per heavy atom. The molecule has 1 amide bonds. The molecule has 2 atom stereocenters. The average Bonchev–Trinajstić information content (AvgIpc) is 3.01. The molecule has 43 heavy (non-hydrogen) atoms. The van der Waals surface area contributed by atoms with Gasteiger partial charge in [-0.15, -0.1) is 0 Å². The summed E-state index contributed by atoms with van der Waals surface area (Å²) in [6.07, 6.45) is 1.06. The third-order valence-corrected chi connectivity index (χ3v) is 8.47. The molecule has 220 valence electrons. The second-order valence-corrected chi connectivity index (χ2v) is 11.7. The van der Waals surface area contributed by atoms with Gasteiger partial charge in [0.2, 0.25) is 0 Å². The molecule has 4 aromatic rings. The van der Waals surface area contributed by atoms with Gasteiger partial charge in [0.25, 0.3) is 11.5 Å². The maximum absolute atomic E-state index is 13.3. The number of ether oxygens (including phenoxy) is 1. The largest absolute Gasteiger partial charge is 0.496 e. The number of thiocarbonyl (C=S) groups is 1. The molecule has 3 heterocycles. The van der Waals surface area contributed by atoms with E-state index in [4.69, 9.17) is 17.0 Å². The zero-order valence-corrected chi connectivity index (χ0v) is 25.1. The summed E-state index contributed by atoms with van der Waals surface area (Å²) in [7, 11) is 1.62. The molecule has 6 rings (SSSR count). The van der Waals surface area contributed by atoms with Gasteiger partial charge in [-0.3, -0.25) is 9.59 Å². The van der Waals surface area contributed by atoms with Crippen LogP contribution >= 0.6 is 12.2 Å². The van der Waals surface area contributed by atoms with E-state index in [1.807, 2.05) is 84.3 Å². The van der Waals surface area contributed by atoms with Gasteiger partial charge in [0.05, 0.1) is 18.5 Å². The van der Waals surface area contributed by atoms with Crippen LogP contribution in [0.5, 0.6) is 5.75 Å². The van der Waals surface area contributed by atoms with Gasteiger partial charge < -0.3 is 30.2 Å². The Kier molecular flexibility index (Phi) is 8.16. The first kappa shape index (κ1) is 28.5. The van der Waals surface area contributed by atoms with Crippen LogP contribution in [0.25, 0.3) is 0 Å². The van der Waals surface area contributed by atoms with Crippen molar-refractivity contribution < 1.29 is 9.53 Å². The highest BCUT2D eigenvalue weighted by molar-refractivity contribution is 7.80. The monoisotopic (exact) mass is 593 g/mol. The smallest absolute Gasteiger partial charge is 0.251 e. The topological polar surface area (TPSA) is 87.6 Å². The van der Waals surface area contributed by atoms with Crippen LogP contribution in [0.1, 0.15) is 39.5 Å². The van der Waals surface area contributed by atoms with Crippen molar-refractivity contribution in [2.75, 3.05) is 35.7 Å². The first-order chi connectivity index (χ1) is 20.9. The number of anilines is 3. The Morgan fingerprint density at radius 2 is 1.77 bits per heavy atom. The molecule has 0 saturated carbocycles. The standard InChI is InChI=1S/C34H35N5O3S/c1-22-10-13-27(14-11-22)36-34(43)37-28-17-24(33(41)35-18-25-6-3-4-8-31(25)42-2)12-15-30(28)38-19-23-16-26(21-38)29-7-5-9-32(40)39(29)20-23/h3-15,17,23,26H,16,18-21H2,1-2H3,(H,35,41)(H2,36,37,43)/t23-,26+/m1/s1. The summed E-state index contributed by atoms with van der Waals surface area (Å²) in [4.78, 5) is 28.2. The van der Waals surface area contributed by atoms with Gasteiger partial charge >= 0.3 is 0 Å². The molecule has 3 N–H and O–H groups in total. The predicted molar refractivity (Wildman–Crippen MR) is 175 cm³/mol. The molecule has 2 bridgehead atoms. The van der Waals surface area contributed by atoms with E-state index in [1.165, 1.54) is 0 Å². The first-order valence-corrected chi connectivity index (χ1v) is 14.9. The van der Waals surface area contributed by atoms with Crippen LogP contribution in [0.2, 0.25) is 0 Å². The van der Waals surface area contributed by atoms with Gasteiger partial charge in [-0.25, -0.2) is 0 Å². The zero-order valence-electron chi connectivity index (χ0n) is 24.3. The number of nitrogens with one attached hydrogen (secondary N) is 3. The molecule has 1 saturated heterocycles. The number of amides is 1. The lowest BCUT2D eigenvalue weighted by Gasteiger charge is -2.44. The Morgan fingerprint density at radius 3 is 2.58 bits per heavy atom. The van der Waals surface area contributed by atoms with Gasteiger partial charge in [0.1, 0.15) is 5.75 Å². The zero-order chi connectivity index (χ0) is 29.9. The number of nitrogens with zero attached hydrogens (tertiary/aromatic N) is 2. The van der Waals surface area contributed by atoms with E-state index in [-0.39, 0.29) is 17.4 Å². The fourth-order valence-electron chi connectivity index (χ4n) is 6.19. The van der Waals surface area contributed by atoms with E-state index < -0.39 is 0 Å². The van der Waals surface area contributed by atoms with Crippen LogP contribution in [0.15, 0.2) is 89.7 Å². The van der Waals surface area contributed by atoms with E-state index in [1.54, 1.807) is 13.2 Å². The number of methoxy groups -OCH3 is 1. The Labute approximate surface area is 256 Å². The van der Waals surface area contributed by atoms with Crippen molar-refractivity contribution in [1.82, 2.24) is 9.88 Å². The van der Waals surface area contributed by atoms with Crippen molar-refractivity contribution in [2.24, 2.45) is 5.92 Å². The summed E-state index contributed by atoms with van der Waals surface area (Å²) in [6, 6.07) is 26.9. The predicted octanol–water partition coefficient (Wildman–Crippen LogP) is 5.53. The fourth-order valence-corrected chi connectivity index (χ4v) is 6.42. The lowest BCUT2D eigenvalue weighted by molar-refractivity contribution is 0.0950. The Bertz CT molecular complexity index is 1720. The summed E-state index contributed by atoms with van der Waals surface area (Å²) < 4.78 is 7.37. The number of fused-ring (bicyclic) bond motifs is 4. The van der Waals surface area contributed by atoms with Crippen molar-refractivity contribution in [3.8, 4) is 5.75 Å². The number of para-hydroxylation sites is 1. The highest BCUT2D eigenvalue weighted by Crippen LogP contribution is 2.39. The van der Waals surface area contributed by atoms with Crippen molar-refractivity contribution in [3.63, 3.8) is 0 Å². The first-order valence-electron chi connectivity index (χ1n) is 14.5. The van der Waals surface area contributed by atoms with E-state index >= 15 is 0 Å². The molecule has 1 fully saturated rings. The average molecular weight is 594 g/mol. The van der Waals surface area contributed by atoms with Crippen LogP contribution < -0.4 is 31.1 Å². The molecule has 0 spiro atoms. The maximum Gasteiger partial charge on any atom is 0.251 e. The molecular weight excluding hydrogens is 558 g/mol. The van der Waals surface area contributed by atoms with Crippen LogP contribution in [-0.2, 0) is 13.1 Å². The molecular formula is C34H35N5O3S. The van der Waals surface area contributed by atoms with Gasteiger partial charge in [-0.2, -0.15) is 0 Å². The van der Waals surface area contributed by atoms with Crippen molar-refractivity contribution in [2.45, 2.75) is 32.4 Å². The Hall–Kier alpha value is -4.63. The van der Waals surface area contributed by atoms with E-state index in [0.29, 0.717) is 29.7 Å². The number of aryl methyl sites for hydroxylation is 1. The number of carbonyl (C=O) groups excluding carboxylic acids is 1. The summed E-state index contributed by atoms with van der Waals surface area (Å²) >= 11 is 5.72. The third-order valence-electron chi connectivity index (χ3n) is 8.27. The number of piperidine rings is 1. The van der Waals surface area contributed by atoms with Crippen LogP contribution in [-0.4, -0.2) is 35.8 Å². The van der Waals surface area contributed by atoms with Gasteiger partial charge in [0, 0.05) is 60.7 Å². The number of benzene rings is 3. The van der Waals surface area contributed by atoms with E-state index in [9.17, 15) is 9.59 Å². The molecule has 8 nitrogen and oxygen atoms in total. The lowest BCUT2D eigenvalue weighted by atomic mass is 9.83. The van der Waals surface area contributed by atoms with Crippen LogP contribution in [0.3, 0.4) is 0 Å². The number of hydrogen-bond acceptors (Lipinski definition) is 5. The molecule has 9 heteroatoms. The second-order valence-electron chi connectivity index (χ2n) is 11.3. The SMILES string of the molecule is COc1ccccc1CNC(=O)c1ccc(N2C[C@H]3C[C@@H](C2)c2cccc(=O)n2C3)c(NC(=S)Nc2ccc(C)cc2)c1. The number of carbonyl (C=O) groups is 1. The lowest BCUT2D eigenvalue weighted by Crippen LogP contribution is -2.47. The van der Waals surface area contributed by atoms with Crippen molar-refractivity contribution in [1.29, 1.82) is 0 Å². The number of pyridine rings is 1. The normalized spacial score (nSPS) is 17.0. The Balaban J connectivity index is 1.26. The van der Waals surface area contributed by atoms with Gasteiger partial charge in [-0.05, 0) is 73.9 Å². The molecule has 2 aliphatic heterocycles. The molecule has 0 radical (unpaired) electrons. The molecule has 2 aliphatic rings. The van der Waals surface area contributed by atoms with Crippen molar-refractivity contribution >= 4 is 40.3 Å². The summed E-state index contributed by atoms with van der Waals surface area (Å²) in [5.41, 5.74) is 6.34. The van der Waals surface area contributed by atoms with Crippen LogP contribution in [0, 0.1) is 12.8 Å². The minimum absolute atomic E-state index is 0.0685. The minimum Gasteiger partial charge on any atom is -0.496 e. The molecule has 0 aliphatic carbocycles. The van der Waals surface area contributed by atoms with E-state index in [0.717, 1.165) is 59.1 Å². The molecule has 3 aromatic carbocycles. The quantitative estimate of drug-likeness (QED) is 0.243. The van der Waals surface area contributed by atoms with Gasteiger partial charge in [-0.1, -0.05) is 42.0 Å². The van der Waals surface area contributed by atoms with E-state index in [2.05, 4.69) is 26.9 Å². The van der Waals surface area contributed by atoms with Crippen molar-refractivity contribution in [3.05, 3.63) is 118 Å². The molecule has 0 unspecified atom stereocenters. The van der Waals surface area contributed by atoms with Crippen LogP contribution in [0.4, 0.5) is 17.1 Å². The second kappa shape index (κ2) is 12.3. The third kappa shape index (κ3) is 6.27. The highest BCUT2D eigenvalue weighted by Gasteiger charge is 2.35. The highest BCUT2D eigenvalue weighted by atomic mass is 32.1.